The summed E-state index contributed by atoms with van der Waals surface area (Å²) in [5, 5.41) is 0. The zero-order chi connectivity index (χ0) is 29.5. The molecule has 4 atom stereocenters. The second-order valence-corrected chi connectivity index (χ2v) is 10.5. The lowest BCUT2D eigenvalue weighted by Gasteiger charge is -2.31. The number of nitrogens with zero attached hydrogens (tertiary/aromatic N) is 1. The zero-order valence-electron chi connectivity index (χ0n) is 23.4. The number of benzene rings is 3. The van der Waals surface area contributed by atoms with Crippen LogP contribution in [0.2, 0.25) is 0 Å². The second-order valence-electron chi connectivity index (χ2n) is 10.5. The Morgan fingerprint density at radius 1 is 0.881 bits per heavy atom. The maximum absolute atomic E-state index is 14.6. The van der Waals surface area contributed by atoms with Crippen LogP contribution >= 0.6 is 0 Å². The minimum absolute atomic E-state index is 0.0599. The van der Waals surface area contributed by atoms with E-state index in [0.29, 0.717) is 51.0 Å². The van der Waals surface area contributed by atoms with Gasteiger partial charge in [-0.3, -0.25) is 14.4 Å². The van der Waals surface area contributed by atoms with Gasteiger partial charge in [-0.1, -0.05) is 36.4 Å². The highest BCUT2D eigenvalue weighted by Crippen LogP contribution is 2.53. The number of methoxy groups -OCH3 is 1. The molecular weight excluding hydrogens is 536 g/mol. The number of rotatable bonds is 7. The van der Waals surface area contributed by atoms with Crippen molar-refractivity contribution in [2.45, 2.75) is 31.8 Å². The molecule has 3 heterocycles. The summed E-state index contributed by atoms with van der Waals surface area (Å²) in [6, 6.07) is 20.8. The molecule has 1 aromatic heterocycles. The topological polar surface area (TPSA) is 121 Å². The van der Waals surface area contributed by atoms with Crippen LogP contribution in [0.3, 0.4) is 0 Å². The molecule has 0 saturated carbocycles. The molecule has 9 nitrogen and oxygen atoms in total. The van der Waals surface area contributed by atoms with Gasteiger partial charge in [-0.15, -0.1) is 0 Å². The molecule has 0 bridgehead atoms. The summed E-state index contributed by atoms with van der Waals surface area (Å²) < 4.78 is 22.3. The number of furan rings is 1. The van der Waals surface area contributed by atoms with Crippen LogP contribution in [0, 0.1) is 19.8 Å². The van der Waals surface area contributed by atoms with Gasteiger partial charge in [0.1, 0.15) is 23.3 Å². The van der Waals surface area contributed by atoms with E-state index in [2.05, 4.69) is 0 Å². The van der Waals surface area contributed by atoms with E-state index in [4.69, 9.17) is 24.4 Å². The average molecular weight is 567 g/mol. The molecule has 4 unspecified atom stereocenters. The number of nitrogens with two attached hydrogens (primary N) is 1. The molecule has 214 valence electrons. The Hall–Kier alpha value is -5.05. The van der Waals surface area contributed by atoms with Crippen LogP contribution in [0.25, 0.3) is 0 Å². The van der Waals surface area contributed by atoms with Crippen LogP contribution < -0.4 is 19.9 Å². The van der Waals surface area contributed by atoms with Crippen LogP contribution in [-0.4, -0.2) is 42.4 Å². The monoisotopic (exact) mass is 566 g/mol. The Morgan fingerprint density at radius 3 is 2.21 bits per heavy atom. The first kappa shape index (κ1) is 27.1. The van der Waals surface area contributed by atoms with E-state index < -0.39 is 35.7 Å². The molecule has 2 aliphatic heterocycles. The van der Waals surface area contributed by atoms with Gasteiger partial charge in [0, 0.05) is 11.5 Å². The highest BCUT2D eigenvalue weighted by atomic mass is 16.7. The molecule has 2 aliphatic rings. The van der Waals surface area contributed by atoms with Crippen LogP contribution in [-0.2, 0) is 4.79 Å². The molecule has 0 aliphatic carbocycles. The number of aryl methyl sites for hydroxylation is 2. The van der Waals surface area contributed by atoms with E-state index in [1.807, 2.05) is 0 Å². The highest BCUT2D eigenvalue weighted by molar-refractivity contribution is 6.04. The molecule has 1 saturated heterocycles. The van der Waals surface area contributed by atoms with E-state index in [9.17, 15) is 14.4 Å². The van der Waals surface area contributed by atoms with Gasteiger partial charge >= 0.3 is 0 Å². The van der Waals surface area contributed by atoms with Crippen LogP contribution in [0.15, 0.2) is 83.3 Å². The summed E-state index contributed by atoms with van der Waals surface area (Å²) in [7, 11) is 1.56. The summed E-state index contributed by atoms with van der Waals surface area (Å²) in [6.07, 6.45) is 0. The van der Waals surface area contributed by atoms with Gasteiger partial charge < -0.3 is 29.3 Å². The van der Waals surface area contributed by atoms with Gasteiger partial charge in [-0.2, -0.15) is 0 Å². The Balaban J connectivity index is 1.61. The molecule has 3 aromatic carbocycles. The molecular formula is C33H30N2O7. The van der Waals surface area contributed by atoms with Gasteiger partial charge in [-0.25, -0.2) is 0 Å². The van der Waals surface area contributed by atoms with Crippen LogP contribution in [0.1, 0.15) is 55.3 Å². The first-order valence-corrected chi connectivity index (χ1v) is 13.6. The number of amides is 2. The van der Waals surface area contributed by atoms with Gasteiger partial charge in [0.2, 0.25) is 12.7 Å². The number of likely N-dealkylation sites (tertiary alicyclic amines) is 1. The van der Waals surface area contributed by atoms with Crippen molar-refractivity contribution < 1.29 is 33.0 Å². The third-order valence-electron chi connectivity index (χ3n) is 8.06. The van der Waals surface area contributed by atoms with E-state index in [0.717, 1.165) is 0 Å². The van der Waals surface area contributed by atoms with Crippen LogP contribution in [0.5, 0.6) is 17.2 Å². The maximum Gasteiger partial charge on any atom is 0.255 e. The quantitative estimate of drug-likeness (QED) is 0.314. The van der Waals surface area contributed by atoms with Crippen molar-refractivity contribution in [3.8, 4) is 17.2 Å². The predicted molar refractivity (Wildman–Crippen MR) is 153 cm³/mol. The Bertz CT molecular complexity index is 1660. The summed E-state index contributed by atoms with van der Waals surface area (Å²) in [6.45, 7) is 3.56. The van der Waals surface area contributed by atoms with E-state index in [1.54, 1.807) is 99.8 Å². The Labute approximate surface area is 242 Å². The molecule has 0 radical (unpaired) electrons. The third kappa shape index (κ3) is 4.56. The minimum Gasteiger partial charge on any atom is -0.497 e. The van der Waals surface area contributed by atoms with E-state index >= 15 is 0 Å². The molecule has 9 heteroatoms. The number of hydrogen-bond acceptors (Lipinski definition) is 7. The number of ketones is 1. The van der Waals surface area contributed by atoms with Crippen LogP contribution in [0.4, 0.5) is 0 Å². The number of carbonyl (C=O) groups excluding carboxylic acids is 3. The number of hydrogen-bond donors (Lipinski definition) is 1. The van der Waals surface area contributed by atoms with Gasteiger partial charge in [0.05, 0.1) is 24.6 Å². The number of primary amides is 1. The number of ether oxygens (including phenoxy) is 3. The van der Waals surface area contributed by atoms with Crippen molar-refractivity contribution in [3.63, 3.8) is 0 Å². The number of Topliss-reactive ketones (excluding diaryl/α,β-unsaturated/α-hetero) is 1. The Kier molecular flexibility index (Phi) is 6.94. The number of fused-ring (bicyclic) bond motifs is 1. The van der Waals surface area contributed by atoms with E-state index in [-0.39, 0.29) is 12.6 Å². The fourth-order valence-corrected chi connectivity index (χ4v) is 6.25. The largest absolute Gasteiger partial charge is 0.497 e. The SMILES string of the molecule is COc1ccc(C2C(C(=O)c3cc(C)oc3C)C(c3ccc4c(c3)OCO4)N(C(=O)c3ccccc3)C2C(N)=O)cc1. The van der Waals surface area contributed by atoms with Crippen molar-refractivity contribution in [2.75, 3.05) is 13.9 Å². The maximum atomic E-state index is 14.6. The zero-order valence-corrected chi connectivity index (χ0v) is 23.4. The lowest BCUT2D eigenvalue weighted by Crippen LogP contribution is -2.46. The summed E-state index contributed by atoms with van der Waals surface area (Å²) in [5.74, 6) is -0.388. The van der Waals surface area contributed by atoms with Gasteiger partial charge in [-0.05, 0) is 67.4 Å². The standard InChI is InChI=1S/C33H30N2O7/c1-18-15-24(19(2)42-18)31(36)28-27(20-9-12-23(39-3)13-10-20)30(32(34)37)35(33(38)21-7-5-4-6-8-21)29(28)22-11-14-25-26(16-22)41-17-40-25/h4-16,27-30H,17H2,1-3H3,(H2,34,37). The smallest absolute Gasteiger partial charge is 0.255 e. The fraction of sp³-hybridized carbons (Fsp3) is 0.242. The highest BCUT2D eigenvalue weighted by Gasteiger charge is 2.57. The van der Waals surface area contributed by atoms with Crippen molar-refractivity contribution in [1.29, 1.82) is 0 Å². The van der Waals surface area contributed by atoms with Crippen molar-refractivity contribution in [3.05, 3.63) is 113 Å². The molecule has 4 aromatic rings. The summed E-state index contributed by atoms with van der Waals surface area (Å²) in [5.41, 5.74) is 8.16. The molecule has 42 heavy (non-hydrogen) atoms. The second kappa shape index (κ2) is 10.7. The van der Waals surface area contributed by atoms with Gasteiger partial charge in [0.25, 0.3) is 5.91 Å². The van der Waals surface area contributed by atoms with Crippen molar-refractivity contribution in [2.24, 2.45) is 11.7 Å². The molecule has 6 rings (SSSR count). The first-order chi connectivity index (χ1) is 20.3. The van der Waals surface area contributed by atoms with Gasteiger partial charge in [0.15, 0.2) is 17.3 Å². The third-order valence-corrected chi connectivity index (χ3v) is 8.06. The fourth-order valence-electron chi connectivity index (χ4n) is 6.25. The Morgan fingerprint density at radius 2 is 1.57 bits per heavy atom. The lowest BCUT2D eigenvalue weighted by atomic mass is 9.76. The average Bonchev–Trinajstić information content (AvgIpc) is 3.71. The molecule has 2 amide bonds. The lowest BCUT2D eigenvalue weighted by molar-refractivity contribution is -0.122. The normalized spacial score (nSPS) is 20.9. The van der Waals surface area contributed by atoms with Crippen molar-refractivity contribution in [1.82, 2.24) is 4.90 Å². The minimum atomic E-state index is -1.15. The number of carbonyl (C=O) groups is 3. The van der Waals surface area contributed by atoms with Crippen molar-refractivity contribution >= 4 is 17.6 Å². The summed E-state index contributed by atoms with van der Waals surface area (Å²) in [4.78, 5) is 43.9. The first-order valence-electron chi connectivity index (χ1n) is 13.6. The predicted octanol–water partition coefficient (Wildman–Crippen LogP) is 4.97. The summed E-state index contributed by atoms with van der Waals surface area (Å²) >= 11 is 0. The molecule has 2 N–H and O–H groups in total. The molecule has 0 spiro atoms. The molecule has 1 fully saturated rings. The van der Waals surface area contributed by atoms with E-state index in [1.165, 1.54) is 4.90 Å².